The normalized spacial score (nSPS) is 10.4. The fourth-order valence-corrected chi connectivity index (χ4v) is 2.63. The van der Waals surface area contributed by atoms with E-state index in [9.17, 15) is 14.7 Å². The number of ether oxygens (including phenoxy) is 2. The summed E-state index contributed by atoms with van der Waals surface area (Å²) in [7, 11) is 1.44. The number of hydrogen-bond donors (Lipinski definition) is 3. The van der Waals surface area contributed by atoms with Gasteiger partial charge in [-0.25, -0.2) is 4.79 Å². The molecule has 0 radical (unpaired) electrons. The van der Waals surface area contributed by atoms with Gasteiger partial charge in [-0.05, 0) is 32.0 Å². The van der Waals surface area contributed by atoms with Crippen LogP contribution in [0.3, 0.4) is 0 Å². The van der Waals surface area contributed by atoms with Gasteiger partial charge in [-0.1, -0.05) is 56.1 Å². The third-order valence-corrected chi connectivity index (χ3v) is 4.36. The first kappa shape index (κ1) is 33.2. The minimum Gasteiger partial charge on any atom is -0.682 e. The van der Waals surface area contributed by atoms with E-state index in [-0.39, 0.29) is 81.1 Å². The maximum Gasteiger partial charge on any atom is 1.00 e. The van der Waals surface area contributed by atoms with Crippen molar-refractivity contribution in [2.45, 2.75) is 13.8 Å². The second-order valence-corrected chi connectivity index (χ2v) is 7.19. The van der Waals surface area contributed by atoms with Crippen LogP contribution in [0.1, 0.15) is 24.2 Å². The van der Waals surface area contributed by atoms with Crippen molar-refractivity contribution in [3.63, 3.8) is 0 Å². The van der Waals surface area contributed by atoms with Crippen LogP contribution < -0.4 is 67.6 Å². The zero-order valence-corrected chi connectivity index (χ0v) is 24.4. The predicted molar refractivity (Wildman–Crippen MR) is 141 cm³/mol. The molecule has 2 rings (SSSR count). The first-order valence-electron chi connectivity index (χ1n) is 10.7. The largest absolute Gasteiger partial charge is 1.00 e. The van der Waals surface area contributed by atoms with Crippen LogP contribution in [-0.4, -0.2) is 37.1 Å². The molecule has 2 aromatic carbocycles. The molecule has 0 atom stereocenters. The molecule has 0 amide bonds. The number of phenolic OH excluding ortho intramolecular Hbond substituents is 1. The second kappa shape index (κ2) is 17.6. The number of anilines is 2. The summed E-state index contributed by atoms with van der Waals surface area (Å²) in [6.45, 7) is 11.1. The van der Waals surface area contributed by atoms with Crippen molar-refractivity contribution < 1.29 is 75.6 Å². The summed E-state index contributed by atoms with van der Waals surface area (Å²) in [5.74, 6) is -0.554. The molecule has 2 aromatic rings. The third kappa shape index (κ3) is 11.3. The Bertz CT molecular complexity index is 1110. The van der Waals surface area contributed by atoms with Crippen LogP contribution in [0.25, 0.3) is 5.32 Å². The van der Waals surface area contributed by atoms with Crippen LogP contribution in [0.15, 0.2) is 85.0 Å². The summed E-state index contributed by atoms with van der Waals surface area (Å²) < 4.78 is 9.87. The molecule has 36 heavy (non-hydrogen) atoms. The third-order valence-electron chi connectivity index (χ3n) is 4.36. The van der Waals surface area contributed by atoms with E-state index in [2.05, 4.69) is 18.5 Å². The Balaban J connectivity index is 0.000000671. The molecule has 0 saturated heterocycles. The van der Waals surface area contributed by atoms with E-state index >= 15 is 0 Å². The van der Waals surface area contributed by atoms with Gasteiger partial charge in [-0.2, -0.15) is 0 Å². The fourth-order valence-electron chi connectivity index (χ4n) is 2.63. The van der Waals surface area contributed by atoms with Crippen LogP contribution in [0.4, 0.5) is 17.1 Å². The fraction of sp³-hybridized carbons (Fsp3) is 0.185. The van der Waals surface area contributed by atoms with Gasteiger partial charge in [-0.15, -0.1) is 5.69 Å². The molecule has 9 heteroatoms. The molecule has 186 valence electrons. The van der Waals surface area contributed by atoms with Crippen molar-refractivity contribution in [3.05, 3.63) is 95.9 Å². The van der Waals surface area contributed by atoms with E-state index in [1.165, 1.54) is 25.3 Å². The van der Waals surface area contributed by atoms with Gasteiger partial charge in [0.25, 0.3) is 0 Å². The van der Waals surface area contributed by atoms with Crippen LogP contribution >= 0.6 is 0 Å². The van der Waals surface area contributed by atoms with Gasteiger partial charge < -0.3 is 31.4 Å². The molecule has 0 fully saturated rings. The number of nitrogens with zero attached hydrogens (tertiary/aromatic N) is 1. The summed E-state index contributed by atoms with van der Waals surface area (Å²) >= 11 is 0. The molecular weight excluding hydrogens is 485 g/mol. The quantitative estimate of drug-likeness (QED) is 0.0642. The van der Waals surface area contributed by atoms with Crippen LogP contribution in [0.5, 0.6) is 11.5 Å². The van der Waals surface area contributed by atoms with Crippen molar-refractivity contribution in [2.24, 2.45) is 0 Å². The van der Waals surface area contributed by atoms with Gasteiger partial charge >= 0.3 is 57.4 Å². The van der Waals surface area contributed by atoms with E-state index < -0.39 is 0 Å². The number of aromatic hydroxyl groups is 1. The van der Waals surface area contributed by atoms with Gasteiger partial charge in [-0.3, -0.25) is 4.79 Å². The zero-order valence-electron chi connectivity index (χ0n) is 21.3. The van der Waals surface area contributed by atoms with Gasteiger partial charge in [0, 0.05) is 22.9 Å². The Morgan fingerprint density at radius 1 is 1.17 bits per heavy atom. The minimum atomic E-state index is -0.382. The molecule has 0 aromatic heterocycles. The SMILES string of the molecule is C=C(C)C(=O)OCC[N-]c1ccc(N)cc1.C=C/C=C(\C=C/C)C(=O)c1cc(N)c(OC)cc1O.[K+]. The van der Waals surface area contributed by atoms with Crippen molar-refractivity contribution in [3.8, 4) is 11.5 Å². The maximum atomic E-state index is 12.3. The number of ketones is 1. The van der Waals surface area contributed by atoms with Crippen molar-refractivity contribution in [1.82, 2.24) is 0 Å². The van der Waals surface area contributed by atoms with Gasteiger partial charge in [0.1, 0.15) is 11.5 Å². The molecule has 8 nitrogen and oxygen atoms in total. The smallest absolute Gasteiger partial charge is 0.682 e. The van der Waals surface area contributed by atoms with E-state index in [0.29, 0.717) is 34.8 Å². The number of hydrogen-bond acceptors (Lipinski definition) is 7. The standard InChI is InChI=1S/C15H17NO3.C12H15N2O2.K/c1-4-6-10(7-5-2)15(18)11-8-12(16)14(19-3)9-13(11)17;1-9(2)12(15)16-8-7-14-11-5-3-10(13)4-6-11;/h4-9,17H,1,16H2,2-3H3;3-6H,1,7-8,13H2,2H3;/q;-1;+1/b7-5-,10-6+;;. The van der Waals surface area contributed by atoms with Crippen molar-refractivity contribution in [1.29, 1.82) is 0 Å². The van der Waals surface area contributed by atoms with Crippen LogP contribution in [0.2, 0.25) is 0 Å². The molecule has 0 saturated carbocycles. The Hall–Kier alpha value is -2.82. The average Bonchev–Trinajstić information content (AvgIpc) is 2.83. The Morgan fingerprint density at radius 3 is 2.33 bits per heavy atom. The van der Waals surface area contributed by atoms with E-state index in [0.717, 1.165) is 5.69 Å². The summed E-state index contributed by atoms with van der Waals surface area (Å²) in [4.78, 5) is 23.3. The van der Waals surface area contributed by atoms with Gasteiger partial charge in [0.05, 0.1) is 25.0 Å². The molecule has 0 heterocycles. The number of carbonyl (C=O) groups is 2. The summed E-state index contributed by atoms with van der Waals surface area (Å²) in [6.07, 6.45) is 6.46. The monoisotopic (exact) mass is 517 g/mol. The number of benzene rings is 2. The number of phenols is 1. The van der Waals surface area contributed by atoms with E-state index in [1.807, 2.05) is 12.1 Å². The first-order chi connectivity index (χ1) is 16.6. The Morgan fingerprint density at radius 2 is 1.81 bits per heavy atom. The number of Topliss-reactive ketones (excluding diaryl/α,β-unsaturated/α-hetero) is 1. The number of methoxy groups -OCH3 is 1. The molecule has 0 spiro atoms. The number of nitrogen functional groups attached to an aromatic ring is 2. The van der Waals surface area contributed by atoms with Crippen LogP contribution in [-0.2, 0) is 9.53 Å². The minimum absolute atomic E-state index is 0. The van der Waals surface area contributed by atoms with E-state index in [1.54, 1.807) is 44.2 Å². The number of allylic oxidation sites excluding steroid dienone is 5. The summed E-state index contributed by atoms with van der Waals surface area (Å²) in [5, 5.41) is 14.1. The Kier molecular flexibility index (Phi) is 16.2. The predicted octanol–water partition coefficient (Wildman–Crippen LogP) is 2.25. The van der Waals surface area contributed by atoms with Crippen molar-refractivity contribution in [2.75, 3.05) is 31.7 Å². The summed E-state index contributed by atoms with van der Waals surface area (Å²) in [6, 6.07) is 9.91. The zero-order chi connectivity index (χ0) is 26.4. The molecule has 5 N–H and O–H groups in total. The van der Waals surface area contributed by atoms with Gasteiger partial charge in [0.2, 0.25) is 0 Å². The molecule has 0 aliphatic rings. The van der Waals surface area contributed by atoms with Crippen molar-refractivity contribution >= 4 is 28.8 Å². The topological polar surface area (TPSA) is 139 Å². The summed E-state index contributed by atoms with van der Waals surface area (Å²) in [5.41, 5.74) is 14.0. The molecule has 0 aliphatic carbocycles. The number of carbonyl (C=O) groups excluding carboxylic acids is 2. The van der Waals surface area contributed by atoms with Crippen LogP contribution in [0, 0.1) is 0 Å². The molecular formula is C27H32KN3O5. The average molecular weight is 518 g/mol. The number of rotatable bonds is 10. The number of nitrogens with two attached hydrogens (primary N) is 2. The van der Waals surface area contributed by atoms with Gasteiger partial charge in [0.15, 0.2) is 5.78 Å². The molecule has 0 aliphatic heterocycles. The molecule has 0 bridgehead atoms. The second-order valence-electron chi connectivity index (χ2n) is 7.19. The molecule has 0 unspecified atom stereocenters. The Labute approximate surface area is 255 Å². The maximum absolute atomic E-state index is 12.3. The first-order valence-corrected chi connectivity index (χ1v) is 10.7. The number of esters is 1. The van der Waals surface area contributed by atoms with E-state index in [4.69, 9.17) is 20.9 Å².